The molecular weight excluding hydrogens is 232 g/mol. The number of esters is 1. The molecule has 0 aliphatic carbocycles. The minimum atomic E-state index is -1.13. The van der Waals surface area contributed by atoms with Gasteiger partial charge in [0.05, 0.1) is 32.3 Å². The molecule has 0 aliphatic rings. The Morgan fingerprint density at radius 1 is 1.17 bits per heavy atom. The summed E-state index contributed by atoms with van der Waals surface area (Å²) in [5, 5.41) is 18.1. The Bertz CT molecular complexity index is 496. The summed E-state index contributed by atoms with van der Waals surface area (Å²) in [5.41, 5.74) is 0.579. The smallest absolute Gasteiger partial charge is 0.324 e. The molecule has 0 saturated heterocycles. The van der Waals surface area contributed by atoms with Crippen molar-refractivity contribution in [3.05, 3.63) is 29.8 Å². The highest BCUT2D eigenvalue weighted by Crippen LogP contribution is 2.26. The predicted molar refractivity (Wildman–Crippen MR) is 62.5 cm³/mol. The second kappa shape index (κ2) is 6.27. The van der Waals surface area contributed by atoms with E-state index < -0.39 is 17.8 Å². The van der Waals surface area contributed by atoms with Crippen molar-refractivity contribution in [3.63, 3.8) is 0 Å². The number of rotatable bonds is 4. The molecule has 0 heterocycles. The molecule has 0 aromatic heterocycles. The first kappa shape index (κ1) is 13.5. The molecule has 0 spiro atoms. The molecule has 18 heavy (non-hydrogen) atoms. The second-order valence-electron chi connectivity index (χ2n) is 3.51. The summed E-state index contributed by atoms with van der Waals surface area (Å²) in [6.07, 6.45) is 0. The molecule has 1 rings (SSSR count). The Morgan fingerprint density at radius 2 is 1.78 bits per heavy atom. The van der Waals surface area contributed by atoms with Crippen molar-refractivity contribution in [3.8, 4) is 17.9 Å². The number of nitriles is 2. The van der Waals surface area contributed by atoms with Crippen LogP contribution in [-0.2, 0) is 9.53 Å². The zero-order chi connectivity index (χ0) is 13.5. The summed E-state index contributed by atoms with van der Waals surface area (Å²) in [6.45, 7) is 0. The lowest BCUT2D eigenvalue weighted by Crippen LogP contribution is -2.21. The molecule has 0 amide bonds. The first-order valence-electron chi connectivity index (χ1n) is 5.19. The normalized spacial score (nSPS) is 12.7. The van der Waals surface area contributed by atoms with E-state index in [9.17, 15) is 4.79 Å². The summed E-state index contributed by atoms with van der Waals surface area (Å²) in [5.74, 6) is -2.05. The van der Waals surface area contributed by atoms with E-state index in [0.717, 1.165) is 0 Å². The molecule has 92 valence electrons. The minimum absolute atomic E-state index is 0.579. The van der Waals surface area contributed by atoms with E-state index in [-0.39, 0.29) is 0 Å². The maximum atomic E-state index is 11.4. The molecule has 5 heteroatoms. The molecule has 0 unspecified atom stereocenters. The zero-order valence-electron chi connectivity index (χ0n) is 10.1. The van der Waals surface area contributed by atoms with Gasteiger partial charge in [0.2, 0.25) is 0 Å². The number of ether oxygens (including phenoxy) is 2. The van der Waals surface area contributed by atoms with Crippen LogP contribution in [0, 0.1) is 28.6 Å². The standard InChI is InChI=1S/C13H12N2O3/c1-17-10-5-3-9(4-6-10)11(7-14)12(8-15)13(16)18-2/h3-6,11-12H,1-2H3/t11-,12+/m1/s1. The topological polar surface area (TPSA) is 83.1 Å². The molecule has 2 atom stereocenters. The van der Waals surface area contributed by atoms with Gasteiger partial charge in [0.15, 0.2) is 5.92 Å². The third-order valence-electron chi connectivity index (χ3n) is 2.54. The molecule has 0 radical (unpaired) electrons. The van der Waals surface area contributed by atoms with Crippen LogP contribution in [0.2, 0.25) is 0 Å². The number of benzene rings is 1. The van der Waals surface area contributed by atoms with Crippen molar-refractivity contribution < 1.29 is 14.3 Å². The van der Waals surface area contributed by atoms with E-state index in [2.05, 4.69) is 4.74 Å². The first-order chi connectivity index (χ1) is 8.67. The highest BCUT2D eigenvalue weighted by Gasteiger charge is 2.30. The SMILES string of the molecule is COC(=O)[C@@H](C#N)[C@H](C#N)c1ccc(OC)cc1. The zero-order valence-corrected chi connectivity index (χ0v) is 10.1. The van der Waals surface area contributed by atoms with Gasteiger partial charge in [0, 0.05) is 0 Å². The fourth-order valence-corrected chi connectivity index (χ4v) is 1.54. The highest BCUT2D eigenvalue weighted by atomic mass is 16.5. The van der Waals surface area contributed by atoms with Gasteiger partial charge in [0.1, 0.15) is 5.75 Å². The molecular formula is C13H12N2O3. The van der Waals surface area contributed by atoms with Crippen LogP contribution in [0.4, 0.5) is 0 Å². The number of hydrogen-bond acceptors (Lipinski definition) is 5. The molecule has 1 aromatic rings. The Kier molecular flexibility index (Phi) is 4.71. The van der Waals surface area contributed by atoms with Crippen molar-refractivity contribution in [2.45, 2.75) is 5.92 Å². The third-order valence-corrected chi connectivity index (χ3v) is 2.54. The van der Waals surface area contributed by atoms with Gasteiger partial charge in [-0.05, 0) is 17.7 Å². The van der Waals surface area contributed by atoms with E-state index in [1.165, 1.54) is 14.2 Å². The Hall–Kier alpha value is -2.53. The second-order valence-corrected chi connectivity index (χ2v) is 3.51. The van der Waals surface area contributed by atoms with Gasteiger partial charge in [-0.15, -0.1) is 0 Å². The van der Waals surface area contributed by atoms with E-state index in [1.807, 2.05) is 6.07 Å². The van der Waals surface area contributed by atoms with Crippen LogP contribution >= 0.6 is 0 Å². The molecule has 0 fully saturated rings. The summed E-state index contributed by atoms with van der Waals surface area (Å²) in [4.78, 5) is 11.4. The number of carbonyl (C=O) groups excluding carboxylic acids is 1. The summed E-state index contributed by atoms with van der Waals surface area (Å²) in [6, 6.07) is 10.4. The number of hydrogen-bond donors (Lipinski definition) is 0. The van der Waals surface area contributed by atoms with Crippen LogP contribution in [0.25, 0.3) is 0 Å². The molecule has 1 aromatic carbocycles. The average Bonchev–Trinajstić information content (AvgIpc) is 2.44. The largest absolute Gasteiger partial charge is 0.497 e. The first-order valence-corrected chi connectivity index (χ1v) is 5.19. The van der Waals surface area contributed by atoms with Crippen LogP contribution in [0.15, 0.2) is 24.3 Å². The van der Waals surface area contributed by atoms with E-state index in [1.54, 1.807) is 30.3 Å². The van der Waals surface area contributed by atoms with E-state index in [4.69, 9.17) is 15.3 Å². The Morgan fingerprint density at radius 3 is 2.17 bits per heavy atom. The Balaban J connectivity index is 3.05. The van der Waals surface area contributed by atoms with Crippen molar-refractivity contribution in [1.82, 2.24) is 0 Å². The fraction of sp³-hybridized carbons (Fsp3) is 0.308. The van der Waals surface area contributed by atoms with E-state index in [0.29, 0.717) is 11.3 Å². The monoisotopic (exact) mass is 244 g/mol. The number of methoxy groups -OCH3 is 2. The highest BCUT2D eigenvalue weighted by molar-refractivity contribution is 5.77. The minimum Gasteiger partial charge on any atom is -0.497 e. The summed E-state index contributed by atoms with van der Waals surface area (Å²) < 4.78 is 9.51. The van der Waals surface area contributed by atoms with Crippen molar-refractivity contribution >= 4 is 5.97 Å². The predicted octanol–water partition coefficient (Wildman–Crippen LogP) is 1.62. The summed E-state index contributed by atoms with van der Waals surface area (Å²) in [7, 11) is 2.72. The van der Waals surface area contributed by atoms with Gasteiger partial charge in [-0.1, -0.05) is 12.1 Å². The van der Waals surface area contributed by atoms with Gasteiger partial charge in [-0.2, -0.15) is 10.5 Å². The van der Waals surface area contributed by atoms with Crippen LogP contribution < -0.4 is 4.74 Å². The number of carbonyl (C=O) groups is 1. The van der Waals surface area contributed by atoms with Gasteiger partial charge in [-0.3, -0.25) is 4.79 Å². The van der Waals surface area contributed by atoms with Crippen molar-refractivity contribution in [2.24, 2.45) is 5.92 Å². The van der Waals surface area contributed by atoms with Gasteiger partial charge < -0.3 is 9.47 Å². The molecule has 0 saturated carbocycles. The lowest BCUT2D eigenvalue weighted by atomic mass is 9.88. The lowest BCUT2D eigenvalue weighted by Gasteiger charge is -2.13. The number of nitrogens with zero attached hydrogens (tertiary/aromatic N) is 2. The fourth-order valence-electron chi connectivity index (χ4n) is 1.54. The maximum Gasteiger partial charge on any atom is 0.324 e. The van der Waals surface area contributed by atoms with Crippen LogP contribution in [0.5, 0.6) is 5.75 Å². The van der Waals surface area contributed by atoms with Crippen LogP contribution in [-0.4, -0.2) is 20.2 Å². The van der Waals surface area contributed by atoms with Crippen molar-refractivity contribution in [1.29, 1.82) is 10.5 Å². The maximum absolute atomic E-state index is 11.4. The third kappa shape index (κ3) is 2.78. The molecule has 0 bridgehead atoms. The Labute approximate surface area is 105 Å². The average molecular weight is 244 g/mol. The van der Waals surface area contributed by atoms with Crippen LogP contribution in [0.1, 0.15) is 11.5 Å². The van der Waals surface area contributed by atoms with Crippen LogP contribution in [0.3, 0.4) is 0 Å². The van der Waals surface area contributed by atoms with Gasteiger partial charge >= 0.3 is 5.97 Å². The van der Waals surface area contributed by atoms with E-state index >= 15 is 0 Å². The quantitative estimate of drug-likeness (QED) is 0.751. The lowest BCUT2D eigenvalue weighted by molar-refractivity contribution is -0.143. The molecule has 5 nitrogen and oxygen atoms in total. The molecule has 0 aliphatic heterocycles. The molecule has 0 N–H and O–H groups in total. The van der Waals surface area contributed by atoms with Gasteiger partial charge in [-0.25, -0.2) is 0 Å². The summed E-state index contributed by atoms with van der Waals surface area (Å²) >= 11 is 0. The van der Waals surface area contributed by atoms with Gasteiger partial charge in [0.25, 0.3) is 0 Å². The van der Waals surface area contributed by atoms with Crippen molar-refractivity contribution in [2.75, 3.05) is 14.2 Å².